The molecule has 0 aliphatic rings. The Bertz CT molecular complexity index is 1210. The van der Waals surface area contributed by atoms with Crippen LogP contribution >= 0.6 is 0 Å². The summed E-state index contributed by atoms with van der Waals surface area (Å²) in [5.41, 5.74) is 2.38. The van der Waals surface area contributed by atoms with Crippen LogP contribution in [-0.2, 0) is 6.54 Å². The number of aliphatic imine (C=N–C) groups is 1. The van der Waals surface area contributed by atoms with Gasteiger partial charge in [-0.3, -0.25) is 14.2 Å². The minimum absolute atomic E-state index is 0.196. The van der Waals surface area contributed by atoms with E-state index in [1.54, 1.807) is 19.6 Å². The maximum Gasteiger partial charge on any atom is 0.268 e. The summed E-state index contributed by atoms with van der Waals surface area (Å²) in [7, 11) is 1.61. The fraction of sp³-hybridized carbons (Fsp3) is 0.136. The van der Waals surface area contributed by atoms with Crippen LogP contribution in [-0.4, -0.2) is 22.7 Å². The number of fused-ring (bicyclic) bond motifs is 1. The van der Waals surface area contributed by atoms with Gasteiger partial charge in [-0.05, 0) is 55.0 Å². The zero-order valence-electron chi connectivity index (χ0n) is 16.1. The number of nitrogens with one attached hydrogen (secondary N) is 1. The lowest BCUT2D eigenvalue weighted by molar-refractivity contribution is 0.415. The van der Waals surface area contributed by atoms with E-state index < -0.39 is 0 Å². The molecule has 4 rings (SSSR count). The van der Waals surface area contributed by atoms with Gasteiger partial charge in [0.2, 0.25) is 0 Å². The number of rotatable bonds is 6. The number of nitrogens with zero attached hydrogens (tertiary/aromatic N) is 3. The highest BCUT2D eigenvalue weighted by atomic mass is 16.5. The molecule has 3 aromatic heterocycles. The molecule has 0 radical (unpaired) electrons. The molecule has 29 heavy (non-hydrogen) atoms. The fourth-order valence-electron chi connectivity index (χ4n) is 2.95. The summed E-state index contributed by atoms with van der Waals surface area (Å²) in [6, 6.07) is 14.7. The molecule has 1 N–H and O–H groups in total. The number of anilines is 1. The second-order valence-corrected chi connectivity index (χ2v) is 6.45. The number of aryl methyl sites for hydroxylation is 1. The topological polar surface area (TPSA) is 81.1 Å². The van der Waals surface area contributed by atoms with Crippen LogP contribution in [0.3, 0.4) is 0 Å². The van der Waals surface area contributed by atoms with Gasteiger partial charge in [-0.1, -0.05) is 6.07 Å². The molecule has 0 spiro atoms. The van der Waals surface area contributed by atoms with Gasteiger partial charge in [0.1, 0.15) is 28.5 Å². The molecule has 1 aromatic carbocycles. The minimum Gasteiger partial charge on any atom is -0.497 e. The van der Waals surface area contributed by atoms with Crippen LogP contribution in [0.25, 0.3) is 5.65 Å². The van der Waals surface area contributed by atoms with Crippen molar-refractivity contribution in [2.45, 2.75) is 13.5 Å². The number of benzene rings is 1. The molecule has 0 saturated heterocycles. The highest BCUT2D eigenvalue weighted by Gasteiger charge is 2.13. The molecule has 7 heteroatoms. The van der Waals surface area contributed by atoms with Gasteiger partial charge >= 0.3 is 0 Å². The third-order valence-electron chi connectivity index (χ3n) is 4.51. The Hall–Kier alpha value is -3.87. The van der Waals surface area contributed by atoms with Gasteiger partial charge in [0, 0.05) is 12.4 Å². The Morgan fingerprint density at radius 3 is 2.76 bits per heavy atom. The second-order valence-electron chi connectivity index (χ2n) is 6.45. The third kappa shape index (κ3) is 3.89. The molecule has 0 aliphatic carbocycles. The molecule has 7 nitrogen and oxygen atoms in total. The van der Waals surface area contributed by atoms with E-state index in [-0.39, 0.29) is 5.56 Å². The van der Waals surface area contributed by atoms with E-state index in [4.69, 9.17) is 9.15 Å². The van der Waals surface area contributed by atoms with Crippen LogP contribution in [0.2, 0.25) is 0 Å². The standard InChI is InChI=1S/C22H20N4O3/c1-15-5-3-11-26-21(15)25-20(24-13-18-6-4-12-29-18)19(22(26)27)14-23-16-7-9-17(28-2)10-8-16/h3-12,14,24H,13H2,1-2H3. The number of aromatic nitrogens is 2. The van der Waals surface area contributed by atoms with Crippen LogP contribution in [0.15, 0.2) is 75.2 Å². The number of hydrogen-bond acceptors (Lipinski definition) is 6. The Labute approximate surface area is 167 Å². The van der Waals surface area contributed by atoms with Crippen molar-refractivity contribution in [2.75, 3.05) is 12.4 Å². The summed E-state index contributed by atoms with van der Waals surface area (Å²) in [4.78, 5) is 22.3. The largest absolute Gasteiger partial charge is 0.497 e. The summed E-state index contributed by atoms with van der Waals surface area (Å²) in [6.07, 6.45) is 4.85. The van der Waals surface area contributed by atoms with E-state index in [2.05, 4.69) is 15.3 Å². The summed E-state index contributed by atoms with van der Waals surface area (Å²) < 4.78 is 12.1. The number of hydrogen-bond donors (Lipinski definition) is 1. The van der Waals surface area contributed by atoms with E-state index in [0.717, 1.165) is 17.1 Å². The quantitative estimate of drug-likeness (QED) is 0.506. The minimum atomic E-state index is -0.196. The first kappa shape index (κ1) is 18.5. The first-order valence-electron chi connectivity index (χ1n) is 9.12. The molecule has 3 heterocycles. The molecule has 4 aromatic rings. The summed E-state index contributed by atoms with van der Waals surface area (Å²) in [5.74, 6) is 1.94. The van der Waals surface area contributed by atoms with Crippen LogP contribution < -0.4 is 15.6 Å². The first-order chi connectivity index (χ1) is 14.2. The van der Waals surface area contributed by atoms with E-state index in [1.807, 2.05) is 55.5 Å². The van der Waals surface area contributed by atoms with Gasteiger partial charge in [-0.2, -0.15) is 0 Å². The van der Waals surface area contributed by atoms with Gasteiger partial charge in [-0.15, -0.1) is 0 Å². The summed E-state index contributed by atoms with van der Waals surface area (Å²) >= 11 is 0. The van der Waals surface area contributed by atoms with Gasteiger partial charge in [0.15, 0.2) is 0 Å². The molecule has 0 aliphatic heterocycles. The third-order valence-corrected chi connectivity index (χ3v) is 4.51. The van der Waals surface area contributed by atoms with Crippen molar-refractivity contribution in [3.05, 3.63) is 88.2 Å². The lowest BCUT2D eigenvalue weighted by Gasteiger charge is -2.11. The van der Waals surface area contributed by atoms with Gasteiger partial charge in [0.05, 0.1) is 25.6 Å². The molecule has 0 fully saturated rings. The average molecular weight is 388 g/mol. The number of ether oxygens (including phenoxy) is 1. The molecule has 0 amide bonds. The van der Waals surface area contributed by atoms with E-state index >= 15 is 0 Å². The van der Waals surface area contributed by atoms with Gasteiger partial charge in [0.25, 0.3) is 5.56 Å². The van der Waals surface area contributed by atoms with Crippen LogP contribution in [0, 0.1) is 6.92 Å². The van der Waals surface area contributed by atoms with Crippen molar-refractivity contribution in [1.29, 1.82) is 0 Å². The van der Waals surface area contributed by atoms with Crippen LogP contribution in [0.5, 0.6) is 5.75 Å². The van der Waals surface area contributed by atoms with Crippen molar-refractivity contribution < 1.29 is 9.15 Å². The maximum atomic E-state index is 13.1. The van der Waals surface area contributed by atoms with Crippen molar-refractivity contribution in [3.8, 4) is 5.75 Å². The fourth-order valence-corrected chi connectivity index (χ4v) is 2.95. The molecule has 0 saturated carbocycles. The number of furan rings is 1. The van der Waals surface area contributed by atoms with Gasteiger partial charge < -0.3 is 14.5 Å². The molecular weight excluding hydrogens is 368 g/mol. The lowest BCUT2D eigenvalue weighted by atomic mass is 10.2. The molecular formula is C22H20N4O3. The SMILES string of the molecule is COc1ccc(N=Cc2c(NCc3ccco3)nc3c(C)cccn3c2=O)cc1. The highest BCUT2D eigenvalue weighted by Crippen LogP contribution is 2.19. The smallest absolute Gasteiger partial charge is 0.268 e. The Kier molecular flexibility index (Phi) is 5.11. The monoisotopic (exact) mass is 388 g/mol. The zero-order chi connectivity index (χ0) is 20.2. The lowest BCUT2D eigenvalue weighted by Crippen LogP contribution is -2.22. The maximum absolute atomic E-state index is 13.1. The Balaban J connectivity index is 1.76. The van der Waals surface area contributed by atoms with E-state index in [1.165, 1.54) is 10.6 Å². The summed E-state index contributed by atoms with van der Waals surface area (Å²) in [5, 5.41) is 3.20. The van der Waals surface area contributed by atoms with E-state index in [9.17, 15) is 4.79 Å². The van der Waals surface area contributed by atoms with Crippen LogP contribution in [0.1, 0.15) is 16.9 Å². The molecule has 0 unspecified atom stereocenters. The van der Waals surface area contributed by atoms with Crippen LogP contribution in [0.4, 0.5) is 11.5 Å². The van der Waals surface area contributed by atoms with Crippen molar-refractivity contribution in [3.63, 3.8) is 0 Å². The van der Waals surface area contributed by atoms with E-state index in [0.29, 0.717) is 29.3 Å². The Morgan fingerprint density at radius 2 is 2.03 bits per heavy atom. The predicted molar refractivity (Wildman–Crippen MR) is 112 cm³/mol. The molecule has 0 atom stereocenters. The van der Waals surface area contributed by atoms with Crippen molar-refractivity contribution in [2.24, 2.45) is 4.99 Å². The van der Waals surface area contributed by atoms with Crippen molar-refractivity contribution in [1.82, 2.24) is 9.38 Å². The van der Waals surface area contributed by atoms with Gasteiger partial charge in [-0.25, -0.2) is 4.98 Å². The molecule has 146 valence electrons. The first-order valence-corrected chi connectivity index (χ1v) is 9.12. The predicted octanol–water partition coefficient (Wildman–Crippen LogP) is 3.97. The Morgan fingerprint density at radius 1 is 1.21 bits per heavy atom. The number of pyridine rings is 1. The highest BCUT2D eigenvalue weighted by molar-refractivity contribution is 5.88. The summed E-state index contributed by atoms with van der Waals surface area (Å²) in [6.45, 7) is 2.33. The average Bonchev–Trinajstić information content (AvgIpc) is 3.26. The zero-order valence-corrected chi connectivity index (χ0v) is 16.1. The van der Waals surface area contributed by atoms with Crippen molar-refractivity contribution >= 4 is 23.4 Å². The molecule has 0 bridgehead atoms. The normalized spacial score (nSPS) is 11.2. The second kappa shape index (κ2) is 8.02. The number of methoxy groups -OCH3 is 1.